The summed E-state index contributed by atoms with van der Waals surface area (Å²) < 4.78 is 5.62. The largest absolute Gasteiger partial charge is 0.477 e. The maximum absolute atomic E-state index is 11.9. The van der Waals surface area contributed by atoms with Gasteiger partial charge in [-0.2, -0.15) is 0 Å². The number of anilines is 1. The Morgan fingerprint density at radius 3 is 2.95 bits per heavy atom. The Bertz CT molecular complexity index is 490. The number of hydrogen-bond donors (Lipinski definition) is 3. The molecule has 0 aliphatic carbocycles. The molecule has 20 heavy (non-hydrogen) atoms. The van der Waals surface area contributed by atoms with Crippen LogP contribution in [0.4, 0.5) is 5.69 Å². The molecule has 108 valence electrons. The van der Waals surface area contributed by atoms with Crippen molar-refractivity contribution in [1.82, 2.24) is 10.6 Å². The molecule has 6 nitrogen and oxygen atoms in total. The highest BCUT2D eigenvalue weighted by atomic mass is 16.5. The summed E-state index contributed by atoms with van der Waals surface area (Å²) in [6.45, 7) is 3.19. The van der Waals surface area contributed by atoms with Crippen molar-refractivity contribution in [2.45, 2.75) is 19.4 Å². The molecule has 2 rings (SSSR count). The van der Waals surface area contributed by atoms with Gasteiger partial charge in [0.2, 0.25) is 5.91 Å². The minimum Gasteiger partial charge on any atom is -0.477 e. The SMILES string of the molecule is CCNC(=O)CCNC(=O)C1CNc2ccccc2O1. The molecule has 6 heteroatoms. The molecule has 1 aromatic rings. The van der Waals surface area contributed by atoms with Crippen LogP contribution >= 0.6 is 0 Å². The number of rotatable bonds is 5. The number of fused-ring (bicyclic) bond motifs is 1. The molecule has 0 radical (unpaired) electrons. The minimum absolute atomic E-state index is 0.0687. The van der Waals surface area contributed by atoms with E-state index in [2.05, 4.69) is 16.0 Å². The zero-order chi connectivity index (χ0) is 14.4. The number of benzene rings is 1. The molecule has 1 aliphatic heterocycles. The van der Waals surface area contributed by atoms with E-state index in [4.69, 9.17) is 4.74 Å². The van der Waals surface area contributed by atoms with Crippen molar-refractivity contribution in [3.63, 3.8) is 0 Å². The topological polar surface area (TPSA) is 79.5 Å². The second-order valence-corrected chi connectivity index (χ2v) is 4.48. The highest BCUT2D eigenvalue weighted by Gasteiger charge is 2.25. The molecule has 1 unspecified atom stereocenters. The van der Waals surface area contributed by atoms with Gasteiger partial charge in [0.25, 0.3) is 5.91 Å². The molecule has 2 amide bonds. The number of carbonyl (C=O) groups is 2. The average molecular weight is 277 g/mol. The zero-order valence-corrected chi connectivity index (χ0v) is 11.4. The first-order chi connectivity index (χ1) is 9.70. The average Bonchev–Trinajstić information content (AvgIpc) is 2.47. The van der Waals surface area contributed by atoms with E-state index in [1.165, 1.54) is 0 Å². The smallest absolute Gasteiger partial charge is 0.262 e. The van der Waals surface area contributed by atoms with E-state index in [0.29, 0.717) is 25.4 Å². The van der Waals surface area contributed by atoms with Gasteiger partial charge in [0.05, 0.1) is 12.2 Å². The van der Waals surface area contributed by atoms with Crippen molar-refractivity contribution < 1.29 is 14.3 Å². The third kappa shape index (κ3) is 3.63. The van der Waals surface area contributed by atoms with E-state index in [1.54, 1.807) is 0 Å². The number of nitrogens with one attached hydrogen (secondary N) is 3. The van der Waals surface area contributed by atoms with E-state index in [9.17, 15) is 9.59 Å². The summed E-state index contributed by atoms with van der Waals surface area (Å²) in [5.74, 6) is 0.389. The molecular weight excluding hydrogens is 258 g/mol. The minimum atomic E-state index is -0.570. The van der Waals surface area contributed by atoms with Crippen LogP contribution in [0.25, 0.3) is 0 Å². The molecule has 0 spiro atoms. The summed E-state index contributed by atoms with van der Waals surface area (Å²) in [5, 5.41) is 8.53. The van der Waals surface area contributed by atoms with Crippen molar-refractivity contribution in [3.8, 4) is 5.75 Å². The Balaban J connectivity index is 1.78. The third-order valence-electron chi connectivity index (χ3n) is 2.95. The maximum atomic E-state index is 11.9. The van der Waals surface area contributed by atoms with Gasteiger partial charge in [0.1, 0.15) is 5.75 Å². The quantitative estimate of drug-likeness (QED) is 0.732. The summed E-state index contributed by atoms with van der Waals surface area (Å²) in [6, 6.07) is 7.48. The summed E-state index contributed by atoms with van der Waals surface area (Å²) >= 11 is 0. The van der Waals surface area contributed by atoms with Crippen LogP contribution < -0.4 is 20.7 Å². The van der Waals surface area contributed by atoms with Gasteiger partial charge in [-0.15, -0.1) is 0 Å². The Labute approximate surface area is 117 Å². The number of ether oxygens (including phenoxy) is 1. The van der Waals surface area contributed by atoms with Gasteiger partial charge in [0, 0.05) is 19.5 Å². The lowest BCUT2D eigenvalue weighted by atomic mass is 10.2. The first-order valence-electron chi connectivity index (χ1n) is 6.74. The van der Waals surface area contributed by atoms with E-state index in [-0.39, 0.29) is 18.2 Å². The zero-order valence-electron chi connectivity index (χ0n) is 11.4. The Hall–Kier alpha value is -2.24. The van der Waals surface area contributed by atoms with Gasteiger partial charge in [-0.3, -0.25) is 9.59 Å². The highest BCUT2D eigenvalue weighted by molar-refractivity contribution is 5.83. The van der Waals surface area contributed by atoms with Crippen LogP contribution in [0.2, 0.25) is 0 Å². The number of carbonyl (C=O) groups excluding carboxylic acids is 2. The third-order valence-corrected chi connectivity index (χ3v) is 2.95. The highest BCUT2D eigenvalue weighted by Crippen LogP contribution is 2.28. The monoisotopic (exact) mass is 277 g/mol. The lowest BCUT2D eigenvalue weighted by Gasteiger charge is -2.26. The molecule has 0 fully saturated rings. The fourth-order valence-electron chi connectivity index (χ4n) is 1.96. The van der Waals surface area contributed by atoms with E-state index in [0.717, 1.165) is 5.69 Å². The molecule has 0 bridgehead atoms. The summed E-state index contributed by atoms with van der Waals surface area (Å²) in [5.41, 5.74) is 0.888. The van der Waals surface area contributed by atoms with Crippen molar-refractivity contribution in [3.05, 3.63) is 24.3 Å². The van der Waals surface area contributed by atoms with Crippen molar-refractivity contribution in [2.24, 2.45) is 0 Å². The van der Waals surface area contributed by atoms with Gasteiger partial charge in [0.15, 0.2) is 6.10 Å². The lowest BCUT2D eigenvalue weighted by molar-refractivity contribution is -0.127. The number of hydrogen-bond acceptors (Lipinski definition) is 4. The summed E-state index contributed by atoms with van der Waals surface area (Å²) in [4.78, 5) is 23.2. The first-order valence-corrected chi connectivity index (χ1v) is 6.74. The fraction of sp³-hybridized carbons (Fsp3) is 0.429. The van der Waals surface area contributed by atoms with Crippen LogP contribution in [0, 0.1) is 0 Å². The second kappa shape index (κ2) is 6.79. The molecule has 3 N–H and O–H groups in total. The maximum Gasteiger partial charge on any atom is 0.262 e. The Morgan fingerprint density at radius 2 is 2.15 bits per heavy atom. The van der Waals surface area contributed by atoms with E-state index >= 15 is 0 Å². The Kier molecular flexibility index (Phi) is 4.81. The molecule has 1 aliphatic rings. The number of para-hydroxylation sites is 2. The fourth-order valence-corrected chi connectivity index (χ4v) is 1.96. The van der Waals surface area contributed by atoms with Crippen LogP contribution in [0.1, 0.15) is 13.3 Å². The molecule has 1 heterocycles. The predicted molar refractivity (Wildman–Crippen MR) is 75.7 cm³/mol. The number of amides is 2. The molecule has 1 atom stereocenters. The summed E-state index contributed by atoms with van der Waals surface area (Å²) in [7, 11) is 0. The van der Waals surface area contributed by atoms with Crippen molar-refractivity contribution >= 4 is 17.5 Å². The van der Waals surface area contributed by atoms with Crippen molar-refractivity contribution in [2.75, 3.05) is 25.0 Å². The molecule has 1 aromatic carbocycles. The van der Waals surface area contributed by atoms with Gasteiger partial charge in [-0.25, -0.2) is 0 Å². The standard InChI is InChI=1S/C14H19N3O3/c1-2-15-13(18)7-8-16-14(19)12-9-17-10-5-3-4-6-11(10)20-12/h3-6,12,17H,2,7-9H2,1H3,(H,15,18)(H,16,19). The van der Waals surface area contributed by atoms with Crippen LogP contribution in [0.5, 0.6) is 5.75 Å². The van der Waals surface area contributed by atoms with Gasteiger partial charge in [-0.1, -0.05) is 12.1 Å². The van der Waals surface area contributed by atoms with Gasteiger partial charge in [-0.05, 0) is 19.1 Å². The summed E-state index contributed by atoms with van der Waals surface area (Å²) in [6.07, 6.45) is -0.296. The second-order valence-electron chi connectivity index (χ2n) is 4.48. The molecular formula is C14H19N3O3. The molecule has 0 aromatic heterocycles. The van der Waals surface area contributed by atoms with Crippen LogP contribution in [-0.4, -0.2) is 37.6 Å². The predicted octanol–water partition coefficient (Wildman–Crippen LogP) is 0.502. The van der Waals surface area contributed by atoms with Gasteiger partial charge >= 0.3 is 0 Å². The molecule has 0 saturated heterocycles. The first kappa shape index (κ1) is 14.2. The normalized spacial score (nSPS) is 16.4. The van der Waals surface area contributed by atoms with Crippen LogP contribution in [-0.2, 0) is 9.59 Å². The van der Waals surface area contributed by atoms with Crippen molar-refractivity contribution in [1.29, 1.82) is 0 Å². The molecule has 0 saturated carbocycles. The van der Waals surface area contributed by atoms with Crippen LogP contribution in [0.15, 0.2) is 24.3 Å². The lowest BCUT2D eigenvalue weighted by Crippen LogP contribution is -2.45. The van der Waals surface area contributed by atoms with E-state index < -0.39 is 6.10 Å². The Morgan fingerprint density at radius 1 is 1.35 bits per heavy atom. The van der Waals surface area contributed by atoms with E-state index in [1.807, 2.05) is 31.2 Å². The van der Waals surface area contributed by atoms with Gasteiger partial charge < -0.3 is 20.7 Å². The van der Waals surface area contributed by atoms with Crippen LogP contribution in [0.3, 0.4) is 0 Å².